The first kappa shape index (κ1) is 27.9. The Morgan fingerprint density at radius 1 is 0.973 bits per heavy atom. The quantitative estimate of drug-likeness (QED) is 0.318. The molecular formula is C26H24F4N2O4S. The summed E-state index contributed by atoms with van der Waals surface area (Å²) in [7, 11) is -2.68. The zero-order valence-corrected chi connectivity index (χ0v) is 20.5. The zero-order chi connectivity index (χ0) is 27.2. The van der Waals surface area contributed by atoms with Gasteiger partial charge in [-0.25, -0.2) is 12.8 Å². The Hall–Kier alpha value is -3.70. The van der Waals surface area contributed by atoms with Crippen LogP contribution in [0.15, 0.2) is 83.8 Å². The van der Waals surface area contributed by atoms with E-state index >= 15 is 0 Å². The fourth-order valence-corrected chi connectivity index (χ4v) is 4.99. The lowest BCUT2D eigenvalue weighted by Crippen LogP contribution is -2.35. The molecule has 3 rings (SSSR count). The summed E-state index contributed by atoms with van der Waals surface area (Å²) in [6, 6.07) is 15.0. The molecule has 3 aromatic rings. The van der Waals surface area contributed by atoms with Crippen molar-refractivity contribution in [2.45, 2.75) is 17.6 Å². The lowest BCUT2D eigenvalue weighted by molar-refractivity contribution is -0.137. The van der Waals surface area contributed by atoms with E-state index in [1.54, 1.807) is 18.2 Å². The van der Waals surface area contributed by atoms with Gasteiger partial charge >= 0.3 is 6.18 Å². The van der Waals surface area contributed by atoms with Crippen molar-refractivity contribution in [3.63, 3.8) is 0 Å². The van der Waals surface area contributed by atoms with Crippen molar-refractivity contribution in [2.24, 2.45) is 0 Å². The number of halogens is 4. The van der Waals surface area contributed by atoms with E-state index in [-0.39, 0.29) is 23.7 Å². The summed E-state index contributed by atoms with van der Waals surface area (Å²) in [6.45, 7) is -0.769. The van der Waals surface area contributed by atoms with E-state index in [9.17, 15) is 35.9 Å². The van der Waals surface area contributed by atoms with Crippen LogP contribution >= 0.6 is 0 Å². The molecule has 0 atom stereocenters. The van der Waals surface area contributed by atoms with Crippen LogP contribution in [0.25, 0.3) is 6.08 Å². The number of nitrogens with zero attached hydrogens (tertiary/aromatic N) is 2. The van der Waals surface area contributed by atoms with Crippen LogP contribution in [-0.4, -0.2) is 44.5 Å². The van der Waals surface area contributed by atoms with Crippen LogP contribution in [0.4, 0.5) is 23.2 Å². The van der Waals surface area contributed by atoms with Gasteiger partial charge in [0.25, 0.3) is 10.0 Å². The van der Waals surface area contributed by atoms with E-state index in [0.29, 0.717) is 11.1 Å². The molecule has 3 aromatic carbocycles. The molecule has 196 valence electrons. The number of amides is 1. The number of benzene rings is 3. The molecule has 0 spiro atoms. The van der Waals surface area contributed by atoms with Crippen LogP contribution in [0.2, 0.25) is 0 Å². The third-order valence-corrected chi connectivity index (χ3v) is 7.23. The molecule has 11 heteroatoms. The fraction of sp³-hybridized carbons (Fsp3) is 0.192. The van der Waals surface area contributed by atoms with Crippen molar-refractivity contribution in [1.29, 1.82) is 0 Å². The summed E-state index contributed by atoms with van der Waals surface area (Å²) in [6.07, 6.45) is -1.88. The van der Waals surface area contributed by atoms with Crippen LogP contribution < -0.4 is 4.31 Å². The largest absolute Gasteiger partial charge is 0.416 e. The average molecular weight is 537 g/mol. The summed E-state index contributed by atoms with van der Waals surface area (Å²) in [4.78, 5) is 13.8. The molecule has 0 saturated heterocycles. The normalized spacial score (nSPS) is 12.1. The van der Waals surface area contributed by atoms with Gasteiger partial charge in [0.15, 0.2) is 0 Å². The van der Waals surface area contributed by atoms with Gasteiger partial charge in [-0.3, -0.25) is 9.10 Å². The number of alkyl halides is 3. The minimum atomic E-state index is -4.46. The monoisotopic (exact) mass is 536 g/mol. The standard InChI is InChI=1S/C26H24F4N2O4S/c1-31(25(34)15-8-19-6-9-21(10-7-19)26(28,29)30)18-20-4-2-3-5-24(20)32(16-17-33)37(35,36)23-13-11-22(27)12-14-23/h2-15,33H,16-18H2,1H3/b15-8+. The van der Waals surface area contributed by atoms with E-state index < -0.39 is 40.1 Å². The van der Waals surface area contributed by atoms with Gasteiger partial charge in [0.2, 0.25) is 5.91 Å². The SMILES string of the molecule is CN(Cc1ccccc1N(CCO)S(=O)(=O)c1ccc(F)cc1)C(=O)/C=C/c1ccc(C(F)(F)F)cc1. The van der Waals surface area contributed by atoms with Gasteiger partial charge < -0.3 is 10.0 Å². The highest BCUT2D eigenvalue weighted by atomic mass is 32.2. The Labute approximate surface area is 212 Å². The molecule has 0 aromatic heterocycles. The molecule has 1 N–H and O–H groups in total. The fourth-order valence-electron chi connectivity index (χ4n) is 3.49. The maximum Gasteiger partial charge on any atom is 0.416 e. The molecule has 0 saturated carbocycles. The van der Waals surface area contributed by atoms with Crippen molar-refractivity contribution >= 4 is 27.7 Å². The maximum atomic E-state index is 13.3. The van der Waals surface area contributed by atoms with Crippen LogP contribution in [0, 0.1) is 5.82 Å². The highest BCUT2D eigenvalue weighted by molar-refractivity contribution is 7.92. The van der Waals surface area contributed by atoms with Crippen molar-refractivity contribution in [3.05, 3.63) is 101 Å². The molecule has 1 amide bonds. The van der Waals surface area contributed by atoms with Crippen LogP contribution in [0.1, 0.15) is 16.7 Å². The number of sulfonamides is 1. The van der Waals surface area contributed by atoms with Crippen molar-refractivity contribution in [3.8, 4) is 0 Å². The van der Waals surface area contributed by atoms with Crippen molar-refractivity contribution in [2.75, 3.05) is 24.5 Å². The summed E-state index contributed by atoms with van der Waals surface area (Å²) in [5.41, 5.74) is 0.287. The number of carbonyl (C=O) groups excluding carboxylic acids is 1. The van der Waals surface area contributed by atoms with Gasteiger partial charge in [0.05, 0.1) is 29.3 Å². The van der Waals surface area contributed by atoms with Crippen molar-refractivity contribution in [1.82, 2.24) is 4.90 Å². The number of likely N-dealkylation sites (N-methyl/N-ethyl adjacent to an activating group) is 1. The third-order valence-electron chi connectivity index (χ3n) is 5.41. The van der Waals surface area contributed by atoms with Crippen LogP contribution in [0.5, 0.6) is 0 Å². The number of hydrogen-bond donors (Lipinski definition) is 1. The second-order valence-corrected chi connectivity index (χ2v) is 9.89. The first-order valence-electron chi connectivity index (χ1n) is 11.0. The smallest absolute Gasteiger partial charge is 0.394 e. The molecule has 0 aliphatic heterocycles. The molecule has 0 aliphatic carbocycles. The van der Waals surface area contributed by atoms with Gasteiger partial charge in [-0.1, -0.05) is 30.3 Å². The molecule has 37 heavy (non-hydrogen) atoms. The van der Waals surface area contributed by atoms with Crippen LogP contribution in [-0.2, 0) is 27.5 Å². The number of para-hydroxylation sites is 1. The molecule has 0 unspecified atom stereocenters. The van der Waals surface area contributed by atoms with E-state index in [1.165, 1.54) is 42.3 Å². The highest BCUT2D eigenvalue weighted by Crippen LogP contribution is 2.30. The molecule has 0 radical (unpaired) electrons. The minimum Gasteiger partial charge on any atom is -0.394 e. The lowest BCUT2D eigenvalue weighted by atomic mass is 10.1. The molecule has 0 bridgehead atoms. The van der Waals surface area contributed by atoms with Gasteiger partial charge in [0, 0.05) is 19.7 Å². The predicted molar refractivity (Wildman–Crippen MR) is 131 cm³/mol. The van der Waals surface area contributed by atoms with Gasteiger partial charge in [-0.15, -0.1) is 0 Å². The van der Waals surface area contributed by atoms with Crippen molar-refractivity contribution < 1.29 is 35.9 Å². The summed E-state index contributed by atoms with van der Waals surface area (Å²) in [5, 5.41) is 9.55. The Balaban J connectivity index is 1.82. The molecule has 0 aliphatic rings. The summed E-state index contributed by atoms with van der Waals surface area (Å²) < 4.78 is 79.0. The molecule has 0 heterocycles. The second kappa shape index (κ2) is 11.6. The zero-order valence-electron chi connectivity index (χ0n) is 19.7. The predicted octanol–water partition coefficient (Wildman–Crippen LogP) is 4.70. The number of carbonyl (C=O) groups is 1. The number of anilines is 1. The number of rotatable bonds is 9. The Morgan fingerprint density at radius 3 is 2.19 bits per heavy atom. The maximum absolute atomic E-state index is 13.3. The molecular weight excluding hydrogens is 512 g/mol. The minimum absolute atomic E-state index is 0.00672. The van der Waals surface area contributed by atoms with E-state index in [1.807, 2.05) is 0 Å². The Bertz CT molecular complexity index is 1360. The third kappa shape index (κ3) is 6.95. The number of hydrogen-bond acceptors (Lipinski definition) is 4. The summed E-state index contributed by atoms with van der Waals surface area (Å²) in [5.74, 6) is -1.07. The first-order valence-corrected chi connectivity index (χ1v) is 12.4. The Morgan fingerprint density at radius 2 is 1.59 bits per heavy atom. The number of aliphatic hydroxyl groups excluding tert-OH is 1. The van der Waals surface area contributed by atoms with E-state index in [4.69, 9.17) is 0 Å². The Kier molecular flexibility index (Phi) is 8.72. The topological polar surface area (TPSA) is 77.9 Å². The lowest BCUT2D eigenvalue weighted by Gasteiger charge is -2.27. The average Bonchev–Trinajstić information content (AvgIpc) is 2.86. The van der Waals surface area contributed by atoms with E-state index in [0.717, 1.165) is 40.7 Å². The molecule has 6 nitrogen and oxygen atoms in total. The summed E-state index contributed by atoms with van der Waals surface area (Å²) >= 11 is 0. The molecule has 0 fully saturated rings. The first-order chi connectivity index (χ1) is 17.4. The number of aliphatic hydroxyl groups is 1. The van der Waals surface area contributed by atoms with Gasteiger partial charge in [0.1, 0.15) is 5.82 Å². The van der Waals surface area contributed by atoms with Crippen LogP contribution in [0.3, 0.4) is 0 Å². The van der Waals surface area contributed by atoms with E-state index in [2.05, 4.69) is 0 Å². The highest BCUT2D eigenvalue weighted by Gasteiger charge is 2.30. The van der Waals surface area contributed by atoms with Gasteiger partial charge in [-0.05, 0) is 59.7 Å². The second-order valence-electron chi connectivity index (χ2n) is 8.03. The van der Waals surface area contributed by atoms with Gasteiger partial charge in [-0.2, -0.15) is 13.2 Å².